The Balaban J connectivity index is 1.39. The summed E-state index contributed by atoms with van der Waals surface area (Å²) < 4.78 is 1.13. The maximum atomic E-state index is 10.6. The molecule has 0 saturated carbocycles. The molecule has 0 aliphatic carbocycles. The molecule has 4 heteroatoms. The van der Waals surface area contributed by atoms with Crippen molar-refractivity contribution in [3.05, 3.63) is 138 Å². The fourth-order valence-electron chi connectivity index (χ4n) is 5.75. The second-order valence-corrected chi connectivity index (χ2v) is 13.6. The van der Waals surface area contributed by atoms with Crippen LogP contribution < -0.4 is 0 Å². The predicted molar refractivity (Wildman–Crippen MR) is 192 cm³/mol. The quantitative estimate of drug-likeness (QED) is 0.199. The van der Waals surface area contributed by atoms with Crippen LogP contribution >= 0.6 is 11.3 Å². The summed E-state index contributed by atoms with van der Waals surface area (Å²) in [7, 11) is 0. The lowest BCUT2D eigenvalue weighted by molar-refractivity contribution is 0.473. The minimum atomic E-state index is -0.0333. The lowest BCUT2D eigenvalue weighted by Gasteiger charge is -2.19. The number of phenols is 1. The molecule has 0 aliphatic rings. The maximum Gasteiger partial charge on any atom is 0.126 e. The molecule has 0 saturated heterocycles. The number of hydrogen-bond donors (Lipinski definition) is 1. The Bertz CT molecular complexity index is 2210. The second kappa shape index (κ2) is 11.5. The Morgan fingerprint density at radius 1 is 0.711 bits per heavy atom. The van der Waals surface area contributed by atoms with E-state index < -0.39 is 0 Å². The number of aromatic hydroxyl groups is 1. The molecule has 3 nitrogen and oxygen atoms in total. The van der Waals surface area contributed by atoms with Gasteiger partial charge in [0.2, 0.25) is 0 Å². The molecule has 0 atom stereocenters. The van der Waals surface area contributed by atoms with Gasteiger partial charge in [-0.05, 0) is 81.8 Å². The molecule has 7 rings (SSSR count). The minimum Gasteiger partial charge on any atom is -0.507 e. The molecule has 1 heterocycles. The molecule has 7 aromatic rings. The average molecular weight is 603 g/mol. The Morgan fingerprint density at radius 2 is 1.44 bits per heavy atom. The van der Waals surface area contributed by atoms with Crippen LogP contribution in [0, 0.1) is 6.92 Å². The highest BCUT2D eigenvalue weighted by Crippen LogP contribution is 2.43. The van der Waals surface area contributed by atoms with E-state index in [1.165, 1.54) is 33.0 Å². The molecule has 220 valence electrons. The van der Waals surface area contributed by atoms with Crippen molar-refractivity contribution in [1.82, 2.24) is 4.98 Å². The molecule has 45 heavy (non-hydrogen) atoms. The summed E-state index contributed by atoms with van der Waals surface area (Å²) in [6, 6.07) is 42.1. The SMILES string of the molecule is Cc1ccc(-c2cc(-c3cccc4ccccc34)c3nc(-c4ccccc4N=Cc4cc(C(C)(C)C)ccc4O)sc3c2)cc1. The second-order valence-electron chi connectivity index (χ2n) is 12.6. The topological polar surface area (TPSA) is 45.5 Å². The van der Waals surface area contributed by atoms with Gasteiger partial charge in [-0.25, -0.2) is 4.98 Å². The van der Waals surface area contributed by atoms with Crippen LogP contribution in [0.3, 0.4) is 0 Å². The molecular formula is C41H34N2OS. The van der Waals surface area contributed by atoms with E-state index in [1.807, 2.05) is 30.3 Å². The van der Waals surface area contributed by atoms with E-state index >= 15 is 0 Å². The van der Waals surface area contributed by atoms with Gasteiger partial charge >= 0.3 is 0 Å². The van der Waals surface area contributed by atoms with E-state index in [-0.39, 0.29) is 11.2 Å². The first-order valence-electron chi connectivity index (χ1n) is 15.2. The molecule has 0 unspecified atom stereocenters. The lowest BCUT2D eigenvalue weighted by atomic mass is 9.86. The first-order chi connectivity index (χ1) is 21.7. The first kappa shape index (κ1) is 28.7. The van der Waals surface area contributed by atoms with Crippen molar-refractivity contribution in [2.45, 2.75) is 33.1 Å². The van der Waals surface area contributed by atoms with E-state index in [2.05, 4.69) is 113 Å². The molecule has 1 aromatic heterocycles. The number of nitrogens with zero attached hydrogens (tertiary/aromatic N) is 2. The molecule has 0 aliphatic heterocycles. The van der Waals surface area contributed by atoms with Gasteiger partial charge in [0.25, 0.3) is 0 Å². The van der Waals surface area contributed by atoms with Crippen LogP contribution in [-0.2, 0) is 5.41 Å². The van der Waals surface area contributed by atoms with Gasteiger partial charge in [0.15, 0.2) is 0 Å². The fourth-order valence-corrected chi connectivity index (χ4v) is 6.82. The Hall–Kier alpha value is -5.06. The van der Waals surface area contributed by atoms with Gasteiger partial charge in [-0.1, -0.05) is 111 Å². The number of phenolic OH excluding ortho intramolecular Hbond substituents is 1. The third-order valence-corrected chi connectivity index (χ3v) is 9.37. The standard InChI is InChI=1S/C41H34N2OS/c1-26-16-18-27(19-17-26)29-23-35(33-14-9-11-28-10-5-6-12-32(28)33)39-38(24-29)45-40(43-39)34-13-7-8-15-36(34)42-25-30-22-31(41(2,3)4)20-21-37(30)44/h5-25,44H,1-4H3. The third kappa shape index (κ3) is 5.65. The van der Waals surface area contributed by atoms with Gasteiger partial charge in [-0.2, -0.15) is 0 Å². The number of thiazole rings is 1. The molecule has 0 spiro atoms. The highest BCUT2D eigenvalue weighted by Gasteiger charge is 2.18. The van der Waals surface area contributed by atoms with Crippen molar-refractivity contribution in [2.24, 2.45) is 4.99 Å². The zero-order valence-corrected chi connectivity index (χ0v) is 26.7. The zero-order chi connectivity index (χ0) is 31.1. The first-order valence-corrected chi connectivity index (χ1v) is 16.0. The highest BCUT2D eigenvalue weighted by molar-refractivity contribution is 7.21. The van der Waals surface area contributed by atoms with Gasteiger partial charge in [-0.3, -0.25) is 4.99 Å². The van der Waals surface area contributed by atoms with Crippen molar-refractivity contribution in [2.75, 3.05) is 0 Å². The van der Waals surface area contributed by atoms with E-state index in [0.29, 0.717) is 5.56 Å². The van der Waals surface area contributed by atoms with Crippen LogP contribution in [0.1, 0.15) is 37.5 Å². The summed E-state index contributed by atoms with van der Waals surface area (Å²) in [6.07, 6.45) is 1.76. The minimum absolute atomic E-state index is 0.0333. The van der Waals surface area contributed by atoms with E-state index in [1.54, 1.807) is 23.6 Å². The van der Waals surface area contributed by atoms with E-state index in [4.69, 9.17) is 9.98 Å². The number of rotatable bonds is 5. The summed E-state index contributed by atoms with van der Waals surface area (Å²) in [4.78, 5) is 10.2. The van der Waals surface area contributed by atoms with Crippen LogP contribution in [0.2, 0.25) is 0 Å². The molecule has 0 fully saturated rings. The van der Waals surface area contributed by atoms with Gasteiger partial charge in [0.1, 0.15) is 10.8 Å². The Morgan fingerprint density at radius 3 is 2.27 bits per heavy atom. The van der Waals surface area contributed by atoms with Gasteiger partial charge < -0.3 is 5.11 Å². The largest absolute Gasteiger partial charge is 0.507 e. The number of benzene rings is 6. The zero-order valence-electron chi connectivity index (χ0n) is 25.9. The van der Waals surface area contributed by atoms with Gasteiger partial charge in [0, 0.05) is 22.9 Å². The lowest BCUT2D eigenvalue weighted by Crippen LogP contribution is -2.11. The number of aliphatic imine (C=N–C) groups is 1. The molecule has 6 aromatic carbocycles. The third-order valence-electron chi connectivity index (χ3n) is 8.33. The number of fused-ring (bicyclic) bond motifs is 2. The summed E-state index contributed by atoms with van der Waals surface area (Å²) in [5.41, 5.74) is 10.4. The van der Waals surface area contributed by atoms with Crippen molar-refractivity contribution >= 4 is 44.2 Å². The summed E-state index contributed by atoms with van der Waals surface area (Å²) in [5.74, 6) is 0.215. The van der Waals surface area contributed by atoms with E-state index in [0.717, 1.165) is 37.6 Å². The molecular weight excluding hydrogens is 569 g/mol. The number of aromatic nitrogens is 1. The normalized spacial score (nSPS) is 12.0. The number of hydrogen-bond acceptors (Lipinski definition) is 4. The van der Waals surface area contributed by atoms with Crippen LogP contribution in [0.5, 0.6) is 5.75 Å². The summed E-state index contributed by atoms with van der Waals surface area (Å²) >= 11 is 1.69. The highest BCUT2D eigenvalue weighted by atomic mass is 32.1. The van der Waals surface area contributed by atoms with Gasteiger partial charge in [-0.15, -0.1) is 11.3 Å². The maximum absolute atomic E-state index is 10.6. The van der Waals surface area contributed by atoms with Gasteiger partial charge in [0.05, 0.1) is 15.9 Å². The van der Waals surface area contributed by atoms with Crippen molar-refractivity contribution in [1.29, 1.82) is 0 Å². The monoisotopic (exact) mass is 602 g/mol. The van der Waals surface area contributed by atoms with Crippen LogP contribution in [0.25, 0.3) is 53.8 Å². The Labute approximate surface area is 268 Å². The molecule has 0 radical (unpaired) electrons. The van der Waals surface area contributed by atoms with Crippen LogP contribution in [-0.4, -0.2) is 16.3 Å². The summed E-state index contributed by atoms with van der Waals surface area (Å²) in [5, 5.41) is 13.9. The van der Waals surface area contributed by atoms with Crippen molar-refractivity contribution < 1.29 is 5.11 Å². The summed E-state index contributed by atoms with van der Waals surface area (Å²) in [6.45, 7) is 8.62. The van der Waals surface area contributed by atoms with E-state index in [9.17, 15) is 5.11 Å². The Kier molecular flexibility index (Phi) is 7.31. The van der Waals surface area contributed by atoms with Crippen molar-refractivity contribution in [3.63, 3.8) is 0 Å². The molecule has 0 bridgehead atoms. The average Bonchev–Trinajstić information content (AvgIpc) is 3.48. The number of para-hydroxylation sites is 1. The van der Waals surface area contributed by atoms with Crippen molar-refractivity contribution in [3.8, 4) is 38.6 Å². The smallest absolute Gasteiger partial charge is 0.126 e. The number of aryl methyl sites for hydroxylation is 1. The van der Waals surface area contributed by atoms with Crippen LogP contribution in [0.15, 0.2) is 126 Å². The predicted octanol–water partition coefficient (Wildman–Crippen LogP) is 11.5. The molecule has 1 N–H and O–H groups in total. The van der Waals surface area contributed by atoms with Crippen LogP contribution in [0.4, 0.5) is 5.69 Å². The fraction of sp³-hybridized carbons (Fsp3) is 0.122. The molecule has 0 amide bonds.